The molecule has 3 aromatic rings. The molecule has 1 heterocycles. The third-order valence-corrected chi connectivity index (χ3v) is 3.09. The van der Waals surface area contributed by atoms with E-state index >= 15 is 0 Å². The van der Waals surface area contributed by atoms with Crippen LogP contribution in [0.25, 0.3) is 16.6 Å². The van der Waals surface area contributed by atoms with E-state index in [1.165, 1.54) is 0 Å². The number of nitrogens with zero attached hydrogens (tertiary/aromatic N) is 2. The van der Waals surface area contributed by atoms with Crippen molar-refractivity contribution in [2.75, 3.05) is 0 Å². The van der Waals surface area contributed by atoms with Crippen LogP contribution in [-0.4, -0.2) is 9.78 Å². The molecule has 0 bridgehead atoms. The van der Waals surface area contributed by atoms with Crippen LogP contribution in [0, 0.1) is 0 Å². The number of fused-ring (bicyclic) bond motifs is 1. The van der Waals surface area contributed by atoms with E-state index in [0.717, 1.165) is 22.2 Å². The lowest BCUT2D eigenvalue weighted by Crippen LogP contribution is -2.09. The molecule has 0 radical (unpaired) electrons. The quantitative estimate of drug-likeness (QED) is 0.744. The van der Waals surface area contributed by atoms with Gasteiger partial charge in [0.2, 0.25) is 0 Å². The maximum absolute atomic E-state index is 6.00. The Morgan fingerprint density at radius 2 is 1.78 bits per heavy atom. The van der Waals surface area contributed by atoms with Crippen molar-refractivity contribution in [3.05, 3.63) is 60.3 Å². The smallest absolute Gasteiger partial charge is 0.0927 e. The van der Waals surface area contributed by atoms with Crippen LogP contribution in [0.3, 0.4) is 0 Å². The Kier molecular flexibility index (Phi) is 2.61. The SMILES string of the molecule is C[C@H](N)c1ccccc1-n1cc2ccccc2n1. The van der Waals surface area contributed by atoms with E-state index in [4.69, 9.17) is 5.73 Å². The molecule has 1 aromatic heterocycles. The summed E-state index contributed by atoms with van der Waals surface area (Å²) < 4.78 is 1.91. The molecule has 0 aliphatic heterocycles. The molecule has 1 atom stereocenters. The first-order chi connectivity index (χ1) is 8.75. The molecule has 2 N–H and O–H groups in total. The molecule has 90 valence electrons. The molecule has 0 saturated carbocycles. The fourth-order valence-corrected chi connectivity index (χ4v) is 2.17. The summed E-state index contributed by atoms with van der Waals surface area (Å²) in [5, 5.41) is 5.72. The van der Waals surface area contributed by atoms with Gasteiger partial charge in [0.25, 0.3) is 0 Å². The van der Waals surface area contributed by atoms with Crippen LogP contribution in [0.15, 0.2) is 54.7 Å². The fraction of sp³-hybridized carbons (Fsp3) is 0.133. The van der Waals surface area contributed by atoms with Crippen molar-refractivity contribution in [1.29, 1.82) is 0 Å². The lowest BCUT2D eigenvalue weighted by molar-refractivity contribution is 0.784. The van der Waals surface area contributed by atoms with Gasteiger partial charge in [0.15, 0.2) is 0 Å². The minimum Gasteiger partial charge on any atom is -0.324 e. The van der Waals surface area contributed by atoms with Crippen LogP contribution in [0.2, 0.25) is 0 Å². The van der Waals surface area contributed by atoms with Crippen molar-refractivity contribution < 1.29 is 0 Å². The summed E-state index contributed by atoms with van der Waals surface area (Å²) in [6, 6.07) is 16.2. The number of benzene rings is 2. The van der Waals surface area contributed by atoms with Crippen LogP contribution < -0.4 is 5.73 Å². The van der Waals surface area contributed by atoms with Gasteiger partial charge in [-0.2, -0.15) is 5.10 Å². The lowest BCUT2D eigenvalue weighted by atomic mass is 10.1. The van der Waals surface area contributed by atoms with Crippen LogP contribution in [-0.2, 0) is 0 Å². The second-order valence-corrected chi connectivity index (χ2v) is 4.48. The number of nitrogens with two attached hydrogens (primary N) is 1. The number of hydrogen-bond donors (Lipinski definition) is 1. The normalized spacial score (nSPS) is 12.8. The van der Waals surface area contributed by atoms with Gasteiger partial charge in [-0.15, -0.1) is 0 Å². The van der Waals surface area contributed by atoms with Crippen molar-refractivity contribution in [1.82, 2.24) is 9.78 Å². The highest BCUT2D eigenvalue weighted by molar-refractivity contribution is 5.78. The average Bonchev–Trinajstić information content (AvgIpc) is 2.82. The van der Waals surface area contributed by atoms with Gasteiger partial charge in [0.05, 0.1) is 11.2 Å². The third kappa shape index (κ3) is 1.79. The highest BCUT2D eigenvalue weighted by Crippen LogP contribution is 2.21. The van der Waals surface area contributed by atoms with Gasteiger partial charge < -0.3 is 5.73 Å². The second kappa shape index (κ2) is 4.27. The molecule has 0 saturated heterocycles. The van der Waals surface area contributed by atoms with Crippen molar-refractivity contribution in [2.24, 2.45) is 5.73 Å². The van der Waals surface area contributed by atoms with Crippen LogP contribution >= 0.6 is 0 Å². The Balaban J connectivity index is 2.20. The van der Waals surface area contributed by atoms with Crippen molar-refractivity contribution >= 4 is 10.9 Å². The maximum Gasteiger partial charge on any atom is 0.0927 e. The Labute approximate surface area is 106 Å². The summed E-state index contributed by atoms with van der Waals surface area (Å²) in [5.74, 6) is 0. The predicted octanol–water partition coefficient (Wildman–Crippen LogP) is 3.05. The molecule has 0 spiro atoms. The van der Waals surface area contributed by atoms with Crippen molar-refractivity contribution in [2.45, 2.75) is 13.0 Å². The van der Waals surface area contributed by atoms with Gasteiger partial charge in [-0.05, 0) is 24.6 Å². The average molecular weight is 237 g/mol. The first kappa shape index (κ1) is 11.0. The van der Waals surface area contributed by atoms with Crippen molar-refractivity contribution in [3.8, 4) is 5.69 Å². The molecule has 0 fully saturated rings. The standard InChI is InChI=1S/C15H15N3/c1-11(16)13-7-3-5-9-15(13)18-10-12-6-2-4-8-14(12)17-18/h2-11H,16H2,1H3/t11-/m0/s1. The molecule has 0 aliphatic rings. The highest BCUT2D eigenvalue weighted by Gasteiger charge is 2.09. The molecular weight excluding hydrogens is 222 g/mol. The summed E-state index contributed by atoms with van der Waals surface area (Å²) in [6.07, 6.45) is 2.04. The Bertz CT molecular complexity index is 650. The second-order valence-electron chi connectivity index (χ2n) is 4.48. The molecule has 2 aromatic carbocycles. The zero-order valence-corrected chi connectivity index (χ0v) is 10.2. The van der Waals surface area contributed by atoms with E-state index in [0.29, 0.717) is 0 Å². The first-order valence-corrected chi connectivity index (χ1v) is 6.05. The minimum atomic E-state index is -0.00601. The van der Waals surface area contributed by atoms with E-state index in [9.17, 15) is 0 Å². The first-order valence-electron chi connectivity index (χ1n) is 6.05. The number of para-hydroxylation sites is 1. The Morgan fingerprint density at radius 3 is 2.56 bits per heavy atom. The van der Waals surface area contributed by atoms with E-state index in [-0.39, 0.29) is 6.04 Å². The monoisotopic (exact) mass is 237 g/mol. The van der Waals surface area contributed by atoms with E-state index < -0.39 is 0 Å². The molecule has 18 heavy (non-hydrogen) atoms. The molecule has 0 aliphatic carbocycles. The summed E-state index contributed by atoms with van der Waals surface area (Å²) in [7, 11) is 0. The minimum absolute atomic E-state index is 0.00601. The summed E-state index contributed by atoms with van der Waals surface area (Å²) in [5.41, 5.74) is 9.15. The van der Waals surface area contributed by atoms with Gasteiger partial charge in [-0.1, -0.05) is 36.4 Å². The van der Waals surface area contributed by atoms with Gasteiger partial charge in [-0.3, -0.25) is 0 Å². The zero-order chi connectivity index (χ0) is 12.5. The van der Waals surface area contributed by atoms with Gasteiger partial charge in [0, 0.05) is 17.6 Å². The van der Waals surface area contributed by atoms with E-state index in [1.807, 2.05) is 60.3 Å². The Morgan fingerprint density at radius 1 is 1.06 bits per heavy atom. The van der Waals surface area contributed by atoms with Crippen LogP contribution in [0.4, 0.5) is 0 Å². The van der Waals surface area contributed by atoms with E-state index in [2.05, 4.69) is 11.2 Å². The molecule has 0 amide bonds. The predicted molar refractivity (Wildman–Crippen MR) is 73.7 cm³/mol. The zero-order valence-electron chi connectivity index (χ0n) is 10.2. The number of rotatable bonds is 2. The Hall–Kier alpha value is -2.13. The topological polar surface area (TPSA) is 43.8 Å². The molecular formula is C15H15N3. The van der Waals surface area contributed by atoms with Crippen LogP contribution in [0.5, 0.6) is 0 Å². The van der Waals surface area contributed by atoms with Gasteiger partial charge in [-0.25, -0.2) is 4.68 Å². The summed E-state index contributed by atoms with van der Waals surface area (Å²) in [4.78, 5) is 0. The fourth-order valence-electron chi connectivity index (χ4n) is 2.17. The number of aromatic nitrogens is 2. The lowest BCUT2D eigenvalue weighted by Gasteiger charge is -2.11. The maximum atomic E-state index is 6.00. The largest absolute Gasteiger partial charge is 0.324 e. The number of hydrogen-bond acceptors (Lipinski definition) is 2. The molecule has 3 heteroatoms. The van der Waals surface area contributed by atoms with E-state index in [1.54, 1.807) is 0 Å². The highest BCUT2D eigenvalue weighted by atomic mass is 15.3. The van der Waals surface area contributed by atoms with Gasteiger partial charge in [0.1, 0.15) is 0 Å². The third-order valence-electron chi connectivity index (χ3n) is 3.09. The van der Waals surface area contributed by atoms with Crippen LogP contribution in [0.1, 0.15) is 18.5 Å². The van der Waals surface area contributed by atoms with Crippen molar-refractivity contribution in [3.63, 3.8) is 0 Å². The molecule has 3 rings (SSSR count). The summed E-state index contributed by atoms with van der Waals surface area (Å²) >= 11 is 0. The molecule has 3 nitrogen and oxygen atoms in total. The summed E-state index contributed by atoms with van der Waals surface area (Å²) in [6.45, 7) is 1.99. The molecule has 0 unspecified atom stereocenters. The van der Waals surface area contributed by atoms with Gasteiger partial charge >= 0.3 is 0 Å².